The van der Waals surface area contributed by atoms with Gasteiger partial charge in [-0.15, -0.1) is 0 Å². The number of nitrogens with one attached hydrogen (secondary N) is 2. The van der Waals surface area contributed by atoms with Crippen LogP contribution in [0.1, 0.15) is 11.1 Å². The minimum absolute atomic E-state index is 0.111. The van der Waals surface area contributed by atoms with Crippen molar-refractivity contribution in [3.63, 3.8) is 0 Å². The van der Waals surface area contributed by atoms with Gasteiger partial charge in [0.2, 0.25) is 0 Å². The highest BCUT2D eigenvalue weighted by molar-refractivity contribution is 5.93. The molecular formula is C18H21N3O. The molecular weight excluding hydrogens is 274 g/mol. The first-order valence-electron chi connectivity index (χ1n) is 7.59. The molecule has 0 spiro atoms. The molecule has 0 radical (unpaired) electrons. The van der Waals surface area contributed by atoms with E-state index in [0.717, 1.165) is 17.7 Å². The summed E-state index contributed by atoms with van der Waals surface area (Å²) in [5.41, 5.74) is 1.19. The molecule has 1 fully saturated rings. The second kappa shape index (κ2) is 6.30. The van der Waals surface area contributed by atoms with E-state index in [2.05, 4.69) is 10.6 Å². The van der Waals surface area contributed by atoms with Crippen molar-refractivity contribution in [2.24, 2.45) is 0 Å². The molecule has 2 N–H and O–H groups in total. The largest absolute Gasteiger partial charge is 0.326 e. The first kappa shape index (κ1) is 14.8. The summed E-state index contributed by atoms with van der Waals surface area (Å²) in [7, 11) is 1.90. The zero-order chi connectivity index (χ0) is 15.4. The van der Waals surface area contributed by atoms with Gasteiger partial charge in [0, 0.05) is 13.1 Å². The number of carbonyl (C=O) groups excluding carboxylic acids is 1. The second-order valence-corrected chi connectivity index (χ2v) is 5.49. The lowest BCUT2D eigenvalue weighted by atomic mass is 9.82. The summed E-state index contributed by atoms with van der Waals surface area (Å²) < 4.78 is 0. The van der Waals surface area contributed by atoms with Gasteiger partial charge >= 0.3 is 0 Å². The van der Waals surface area contributed by atoms with Crippen LogP contribution in [0.2, 0.25) is 0 Å². The molecule has 114 valence electrons. The van der Waals surface area contributed by atoms with Crippen molar-refractivity contribution in [2.75, 3.05) is 26.8 Å². The number of amides is 1. The standard InChI is InChI=1S/C18H21N3O/c1-19-12-13-21-14-20-18(17(21)22,15-8-4-2-5-9-15)16-10-6-3-7-11-16/h2-11,19-20H,12-14H2,1H3. The van der Waals surface area contributed by atoms with Crippen LogP contribution in [0.25, 0.3) is 0 Å². The van der Waals surface area contributed by atoms with Crippen LogP contribution in [0.4, 0.5) is 0 Å². The molecule has 4 heteroatoms. The van der Waals surface area contributed by atoms with Crippen LogP contribution in [0.5, 0.6) is 0 Å². The summed E-state index contributed by atoms with van der Waals surface area (Å²) in [4.78, 5) is 15.0. The SMILES string of the molecule is CNCCN1CNC(c2ccccc2)(c2ccccc2)C1=O. The first-order valence-corrected chi connectivity index (χ1v) is 7.59. The minimum Gasteiger partial charge on any atom is -0.326 e. The van der Waals surface area contributed by atoms with E-state index in [1.165, 1.54) is 0 Å². The fraction of sp³-hybridized carbons (Fsp3) is 0.278. The van der Waals surface area contributed by atoms with Crippen LogP contribution < -0.4 is 10.6 Å². The average molecular weight is 295 g/mol. The highest BCUT2D eigenvalue weighted by Crippen LogP contribution is 2.34. The molecule has 1 aliphatic rings. The van der Waals surface area contributed by atoms with Gasteiger partial charge in [0.15, 0.2) is 5.54 Å². The molecule has 0 atom stereocenters. The van der Waals surface area contributed by atoms with Crippen molar-refractivity contribution < 1.29 is 4.79 Å². The van der Waals surface area contributed by atoms with Gasteiger partial charge < -0.3 is 10.2 Å². The number of nitrogens with zero attached hydrogens (tertiary/aromatic N) is 1. The Bertz CT molecular complexity index is 588. The van der Waals surface area contributed by atoms with Crippen molar-refractivity contribution in [3.8, 4) is 0 Å². The molecule has 1 aliphatic heterocycles. The van der Waals surface area contributed by atoms with Gasteiger partial charge in [-0.2, -0.15) is 0 Å². The highest BCUT2D eigenvalue weighted by Gasteiger charge is 2.48. The molecule has 3 rings (SSSR count). The van der Waals surface area contributed by atoms with Gasteiger partial charge in [-0.25, -0.2) is 0 Å². The van der Waals surface area contributed by atoms with E-state index in [0.29, 0.717) is 13.2 Å². The monoisotopic (exact) mass is 295 g/mol. The van der Waals surface area contributed by atoms with Crippen LogP contribution in [0, 0.1) is 0 Å². The fourth-order valence-corrected chi connectivity index (χ4v) is 3.02. The molecule has 0 saturated carbocycles. The van der Waals surface area contributed by atoms with Gasteiger partial charge in [0.1, 0.15) is 0 Å². The quantitative estimate of drug-likeness (QED) is 0.879. The molecule has 0 aliphatic carbocycles. The molecule has 2 aromatic rings. The fourth-order valence-electron chi connectivity index (χ4n) is 3.02. The molecule has 0 unspecified atom stereocenters. The molecule has 1 saturated heterocycles. The van der Waals surface area contributed by atoms with E-state index >= 15 is 0 Å². The Morgan fingerprint density at radius 3 is 2.09 bits per heavy atom. The number of benzene rings is 2. The smallest absolute Gasteiger partial charge is 0.253 e. The van der Waals surface area contributed by atoms with Gasteiger partial charge in [0.05, 0.1) is 6.67 Å². The molecule has 1 amide bonds. The van der Waals surface area contributed by atoms with Crippen molar-refractivity contribution in [3.05, 3.63) is 71.8 Å². The van der Waals surface area contributed by atoms with Crippen molar-refractivity contribution in [1.29, 1.82) is 0 Å². The normalized spacial score (nSPS) is 17.0. The molecule has 2 aromatic carbocycles. The molecule has 0 bridgehead atoms. The third-order valence-electron chi connectivity index (χ3n) is 4.19. The Morgan fingerprint density at radius 2 is 1.59 bits per heavy atom. The van der Waals surface area contributed by atoms with Gasteiger partial charge in [-0.05, 0) is 18.2 Å². The third kappa shape index (κ3) is 2.40. The van der Waals surface area contributed by atoms with E-state index in [1.54, 1.807) is 0 Å². The molecule has 0 aromatic heterocycles. The van der Waals surface area contributed by atoms with Crippen molar-refractivity contribution >= 4 is 5.91 Å². The summed E-state index contributed by atoms with van der Waals surface area (Å²) in [6, 6.07) is 19.9. The Kier molecular flexibility index (Phi) is 4.22. The first-order chi connectivity index (χ1) is 10.8. The van der Waals surface area contributed by atoms with Gasteiger partial charge in [-0.3, -0.25) is 10.1 Å². The summed E-state index contributed by atoms with van der Waals surface area (Å²) in [6.45, 7) is 2.04. The van der Waals surface area contributed by atoms with Crippen LogP contribution in [-0.4, -0.2) is 37.6 Å². The predicted molar refractivity (Wildman–Crippen MR) is 87.3 cm³/mol. The summed E-state index contributed by atoms with van der Waals surface area (Å²) in [5.74, 6) is 0.111. The Balaban J connectivity index is 2.05. The molecule has 4 nitrogen and oxygen atoms in total. The zero-order valence-corrected chi connectivity index (χ0v) is 12.8. The van der Waals surface area contributed by atoms with Crippen LogP contribution in [0.3, 0.4) is 0 Å². The van der Waals surface area contributed by atoms with Crippen molar-refractivity contribution in [2.45, 2.75) is 5.54 Å². The Morgan fingerprint density at radius 1 is 1.05 bits per heavy atom. The third-order valence-corrected chi connectivity index (χ3v) is 4.19. The highest BCUT2D eigenvalue weighted by atomic mass is 16.2. The summed E-state index contributed by atoms with van der Waals surface area (Å²) in [5, 5.41) is 6.56. The Labute approximate surface area is 131 Å². The van der Waals surface area contributed by atoms with Crippen molar-refractivity contribution in [1.82, 2.24) is 15.5 Å². The number of rotatable bonds is 5. The Hall–Kier alpha value is -2.17. The number of likely N-dealkylation sites (N-methyl/N-ethyl adjacent to an activating group) is 1. The predicted octanol–water partition coefficient (Wildman–Crippen LogP) is 1.54. The zero-order valence-electron chi connectivity index (χ0n) is 12.8. The average Bonchev–Trinajstić information content (AvgIpc) is 2.92. The van der Waals surface area contributed by atoms with E-state index in [-0.39, 0.29) is 5.91 Å². The van der Waals surface area contributed by atoms with Crippen LogP contribution >= 0.6 is 0 Å². The topological polar surface area (TPSA) is 44.4 Å². The van der Waals surface area contributed by atoms with E-state index in [1.807, 2.05) is 72.6 Å². The number of hydrogen-bond acceptors (Lipinski definition) is 3. The lowest BCUT2D eigenvalue weighted by Crippen LogP contribution is -2.45. The lowest BCUT2D eigenvalue weighted by molar-refractivity contribution is -0.131. The van der Waals surface area contributed by atoms with E-state index < -0.39 is 5.54 Å². The number of hydrogen-bond donors (Lipinski definition) is 2. The van der Waals surface area contributed by atoms with Crippen LogP contribution in [-0.2, 0) is 10.3 Å². The number of carbonyl (C=O) groups is 1. The summed E-state index contributed by atoms with van der Waals surface area (Å²) in [6.07, 6.45) is 0. The minimum atomic E-state index is -0.781. The van der Waals surface area contributed by atoms with Gasteiger partial charge in [-0.1, -0.05) is 60.7 Å². The molecule has 1 heterocycles. The second-order valence-electron chi connectivity index (χ2n) is 5.49. The van der Waals surface area contributed by atoms with Gasteiger partial charge in [0.25, 0.3) is 5.91 Å². The molecule has 22 heavy (non-hydrogen) atoms. The summed E-state index contributed by atoms with van der Waals surface area (Å²) >= 11 is 0. The van der Waals surface area contributed by atoms with E-state index in [9.17, 15) is 4.79 Å². The maximum Gasteiger partial charge on any atom is 0.253 e. The van der Waals surface area contributed by atoms with E-state index in [4.69, 9.17) is 0 Å². The maximum absolute atomic E-state index is 13.2. The van der Waals surface area contributed by atoms with Crippen LogP contribution in [0.15, 0.2) is 60.7 Å². The maximum atomic E-state index is 13.2. The lowest BCUT2D eigenvalue weighted by Gasteiger charge is -2.29.